The van der Waals surface area contributed by atoms with Crippen LogP contribution in [-0.4, -0.2) is 18.5 Å². The van der Waals surface area contributed by atoms with Crippen molar-refractivity contribution in [2.24, 2.45) is 5.73 Å². The van der Waals surface area contributed by atoms with Crippen molar-refractivity contribution >= 4 is 11.9 Å². The highest BCUT2D eigenvalue weighted by molar-refractivity contribution is 5.97. The number of primary amides is 1. The Balaban J connectivity index is 4.40. The fraction of sp³-hybridized carbons (Fsp3) is 0.333. The molecule has 1 amide bonds. The second kappa shape index (κ2) is 5.13. The highest BCUT2D eigenvalue weighted by Crippen LogP contribution is 2.01. The molecule has 0 aliphatic carbocycles. The number of carbonyl (C=O) groups is 2. The lowest BCUT2D eigenvalue weighted by Gasteiger charge is -2.01. The molecular weight excluding hydrogens is 170 g/mol. The maximum atomic E-state index is 11.0. The largest absolute Gasteiger partial charge is 0.463 e. The van der Waals surface area contributed by atoms with Crippen molar-refractivity contribution in [2.45, 2.75) is 13.8 Å². The van der Waals surface area contributed by atoms with E-state index < -0.39 is 11.9 Å². The number of carbonyl (C=O) groups excluding carboxylic acids is 2. The molecule has 72 valence electrons. The zero-order valence-electron chi connectivity index (χ0n) is 7.79. The molecule has 0 bridgehead atoms. The number of nitrogens with two attached hydrogens (primary N) is 1. The van der Waals surface area contributed by atoms with Gasteiger partial charge in [0.15, 0.2) is 0 Å². The van der Waals surface area contributed by atoms with Crippen LogP contribution in [0.5, 0.6) is 0 Å². The molecule has 4 heteroatoms. The zero-order chi connectivity index (χ0) is 10.4. The molecule has 0 saturated heterocycles. The molecule has 0 fully saturated rings. The summed E-state index contributed by atoms with van der Waals surface area (Å²) in [7, 11) is 0. The first kappa shape index (κ1) is 11.4. The lowest BCUT2D eigenvalue weighted by molar-refractivity contribution is -0.138. The van der Waals surface area contributed by atoms with E-state index in [-0.39, 0.29) is 5.57 Å². The second-order valence-corrected chi connectivity index (χ2v) is 2.44. The van der Waals surface area contributed by atoms with Gasteiger partial charge in [-0.1, -0.05) is 6.58 Å². The molecule has 0 aromatic heterocycles. The molecule has 0 unspecified atom stereocenters. The average Bonchev–Trinajstić information content (AvgIpc) is 2.04. The number of amides is 1. The van der Waals surface area contributed by atoms with E-state index in [9.17, 15) is 9.59 Å². The van der Waals surface area contributed by atoms with Crippen molar-refractivity contribution < 1.29 is 14.3 Å². The normalized spacial score (nSPS) is 10.8. The van der Waals surface area contributed by atoms with Crippen LogP contribution < -0.4 is 5.73 Å². The minimum atomic E-state index is -0.649. The van der Waals surface area contributed by atoms with E-state index in [1.165, 1.54) is 13.0 Å². The first-order valence-electron chi connectivity index (χ1n) is 3.83. The maximum Gasteiger partial charge on any atom is 0.333 e. The quantitative estimate of drug-likeness (QED) is 0.393. The molecule has 0 rings (SSSR count). The van der Waals surface area contributed by atoms with Gasteiger partial charge >= 0.3 is 5.97 Å². The molecule has 13 heavy (non-hydrogen) atoms. The van der Waals surface area contributed by atoms with Gasteiger partial charge in [-0.3, -0.25) is 4.79 Å². The number of esters is 1. The third-order valence-corrected chi connectivity index (χ3v) is 1.30. The minimum absolute atomic E-state index is 0.0885. The van der Waals surface area contributed by atoms with Gasteiger partial charge in [0.1, 0.15) is 0 Å². The Morgan fingerprint density at radius 1 is 1.54 bits per heavy atom. The third kappa shape index (κ3) is 4.10. The van der Waals surface area contributed by atoms with E-state index in [1.807, 2.05) is 0 Å². The van der Waals surface area contributed by atoms with Gasteiger partial charge in [0.25, 0.3) is 0 Å². The van der Waals surface area contributed by atoms with E-state index in [0.717, 1.165) is 0 Å². The smallest absolute Gasteiger partial charge is 0.333 e. The Morgan fingerprint density at radius 2 is 2.08 bits per heavy atom. The third-order valence-electron chi connectivity index (χ3n) is 1.30. The van der Waals surface area contributed by atoms with E-state index in [1.54, 1.807) is 6.92 Å². The summed E-state index contributed by atoms with van der Waals surface area (Å²) in [5.41, 5.74) is 5.32. The van der Waals surface area contributed by atoms with Crippen molar-refractivity contribution in [3.8, 4) is 0 Å². The number of hydrogen-bond donors (Lipinski definition) is 1. The molecule has 0 radical (unpaired) electrons. The zero-order valence-corrected chi connectivity index (χ0v) is 7.79. The van der Waals surface area contributed by atoms with Crippen LogP contribution in [0.1, 0.15) is 13.8 Å². The first-order chi connectivity index (χ1) is 5.99. The van der Waals surface area contributed by atoms with Gasteiger partial charge in [-0.05, 0) is 19.9 Å². The SMILES string of the molecule is C=C(/C=C(\C)C(=O)OCC)C(N)=O. The van der Waals surface area contributed by atoms with Gasteiger partial charge in [-0.2, -0.15) is 0 Å². The second-order valence-electron chi connectivity index (χ2n) is 2.44. The van der Waals surface area contributed by atoms with Gasteiger partial charge < -0.3 is 10.5 Å². The monoisotopic (exact) mass is 183 g/mol. The van der Waals surface area contributed by atoms with Crippen LogP contribution in [0.2, 0.25) is 0 Å². The molecule has 0 heterocycles. The van der Waals surface area contributed by atoms with E-state index in [4.69, 9.17) is 5.73 Å². The molecule has 0 aliphatic heterocycles. The summed E-state index contributed by atoms with van der Waals surface area (Å²) in [5.74, 6) is -1.12. The highest BCUT2D eigenvalue weighted by atomic mass is 16.5. The summed E-state index contributed by atoms with van der Waals surface area (Å²) in [6.45, 7) is 6.91. The summed E-state index contributed by atoms with van der Waals surface area (Å²) in [4.78, 5) is 21.6. The molecule has 0 spiro atoms. The van der Waals surface area contributed by atoms with E-state index in [2.05, 4.69) is 11.3 Å². The summed E-state index contributed by atoms with van der Waals surface area (Å²) in [5, 5.41) is 0. The lowest BCUT2D eigenvalue weighted by atomic mass is 10.2. The molecule has 0 aliphatic rings. The van der Waals surface area contributed by atoms with Crippen LogP contribution >= 0.6 is 0 Å². The van der Waals surface area contributed by atoms with Crippen molar-refractivity contribution in [2.75, 3.05) is 6.61 Å². The Bertz CT molecular complexity index is 266. The lowest BCUT2D eigenvalue weighted by Crippen LogP contribution is -2.13. The first-order valence-corrected chi connectivity index (χ1v) is 3.83. The van der Waals surface area contributed by atoms with Crippen molar-refractivity contribution in [1.29, 1.82) is 0 Å². The Morgan fingerprint density at radius 3 is 2.46 bits per heavy atom. The number of hydrogen-bond acceptors (Lipinski definition) is 3. The summed E-state index contributed by atoms with van der Waals surface area (Å²) >= 11 is 0. The van der Waals surface area contributed by atoms with E-state index >= 15 is 0 Å². The maximum absolute atomic E-state index is 11.0. The fourth-order valence-corrected chi connectivity index (χ4v) is 0.636. The molecule has 2 N–H and O–H groups in total. The van der Waals surface area contributed by atoms with Crippen LogP contribution in [0.3, 0.4) is 0 Å². The molecule has 0 aromatic rings. The summed E-state index contributed by atoms with van der Waals surface area (Å²) < 4.78 is 4.68. The topological polar surface area (TPSA) is 69.4 Å². The van der Waals surface area contributed by atoms with Gasteiger partial charge in [-0.25, -0.2) is 4.79 Å². The van der Waals surface area contributed by atoms with Crippen molar-refractivity contribution in [3.05, 3.63) is 23.8 Å². The van der Waals surface area contributed by atoms with Gasteiger partial charge in [-0.15, -0.1) is 0 Å². The average molecular weight is 183 g/mol. The molecule has 0 aromatic carbocycles. The molecular formula is C9H13NO3. The molecule has 4 nitrogen and oxygen atoms in total. The Labute approximate surface area is 77.1 Å². The predicted molar refractivity (Wildman–Crippen MR) is 48.7 cm³/mol. The summed E-state index contributed by atoms with van der Waals surface area (Å²) in [6.07, 6.45) is 1.31. The van der Waals surface area contributed by atoms with Crippen LogP contribution in [-0.2, 0) is 14.3 Å². The molecule has 0 atom stereocenters. The Kier molecular flexibility index (Phi) is 4.51. The number of rotatable bonds is 4. The fourth-order valence-electron chi connectivity index (χ4n) is 0.636. The van der Waals surface area contributed by atoms with Gasteiger partial charge in [0.05, 0.1) is 6.61 Å². The van der Waals surface area contributed by atoms with Crippen LogP contribution in [0.4, 0.5) is 0 Å². The van der Waals surface area contributed by atoms with Crippen LogP contribution in [0.25, 0.3) is 0 Å². The van der Waals surface area contributed by atoms with Crippen molar-refractivity contribution in [3.63, 3.8) is 0 Å². The van der Waals surface area contributed by atoms with E-state index in [0.29, 0.717) is 12.2 Å². The standard InChI is InChI=1S/C9H13NO3/c1-4-13-9(12)7(3)5-6(2)8(10)11/h5H,2,4H2,1,3H3,(H2,10,11)/b7-5+. The summed E-state index contributed by atoms with van der Waals surface area (Å²) in [6, 6.07) is 0. The van der Waals surface area contributed by atoms with Gasteiger partial charge in [0.2, 0.25) is 5.91 Å². The minimum Gasteiger partial charge on any atom is -0.463 e. The van der Waals surface area contributed by atoms with Gasteiger partial charge in [0, 0.05) is 11.1 Å². The predicted octanol–water partition coefficient (Wildman–Crippen LogP) is 0.537. The van der Waals surface area contributed by atoms with Crippen LogP contribution in [0.15, 0.2) is 23.8 Å². The Hall–Kier alpha value is -1.58. The van der Waals surface area contributed by atoms with Crippen LogP contribution in [0, 0.1) is 0 Å². The molecule has 0 saturated carbocycles. The van der Waals surface area contributed by atoms with Crippen molar-refractivity contribution in [1.82, 2.24) is 0 Å². The highest BCUT2D eigenvalue weighted by Gasteiger charge is 2.06. The number of ether oxygens (including phenoxy) is 1.